The maximum atomic E-state index is 9.45. The first-order chi connectivity index (χ1) is 18.2. The molecule has 38 heavy (non-hydrogen) atoms. The first-order valence-corrected chi connectivity index (χ1v) is 19.5. The van der Waals surface area contributed by atoms with Gasteiger partial charge in [0.1, 0.15) is 17.3 Å². The second-order valence-corrected chi connectivity index (χ2v) is 15.0. The molecule has 0 aliphatic rings. The first-order valence-electron chi connectivity index (χ1n) is 16.4. The van der Waals surface area contributed by atoms with Crippen LogP contribution in [0.2, 0.25) is 0 Å². The molecule has 0 bridgehead atoms. The summed E-state index contributed by atoms with van der Waals surface area (Å²) in [4.78, 5) is 0. The molecule has 0 aliphatic carbocycles. The maximum Gasteiger partial charge on any atom is 0.217 e. The van der Waals surface area contributed by atoms with Gasteiger partial charge in [-0.25, -0.2) is 8.42 Å². The molecule has 6 heteroatoms. The summed E-state index contributed by atoms with van der Waals surface area (Å²) < 4.78 is 32.0. The smallest absolute Gasteiger partial charge is 0.217 e. The van der Waals surface area contributed by atoms with Crippen LogP contribution in [0.4, 0.5) is 0 Å². The van der Waals surface area contributed by atoms with Crippen LogP contribution in [-0.2, 0) is 25.5 Å². The number of rotatable bonds is 27. The van der Waals surface area contributed by atoms with Crippen LogP contribution in [0, 0.1) is 11.8 Å². The Bertz CT molecular complexity index is 554. The molecule has 0 amide bonds. The fraction of sp³-hybridized carbons (Fsp3) is 1.00. The predicted molar refractivity (Wildman–Crippen MR) is 171 cm³/mol. The van der Waals surface area contributed by atoms with Crippen LogP contribution in [-0.4, -0.2) is 36.8 Å². The Morgan fingerprint density at radius 3 is 1.13 bits per heavy atom. The van der Waals surface area contributed by atoms with Gasteiger partial charge in [-0.05, 0) is 37.6 Å². The van der Waals surface area contributed by atoms with Crippen LogP contribution < -0.4 is 0 Å². The minimum absolute atomic E-state index is 0.0914. The van der Waals surface area contributed by atoms with Gasteiger partial charge in [-0.15, -0.1) is 0 Å². The van der Waals surface area contributed by atoms with Crippen LogP contribution in [0.25, 0.3) is 0 Å². The van der Waals surface area contributed by atoms with Crippen molar-refractivity contribution in [3.05, 3.63) is 0 Å². The topological polar surface area (TPSA) is 66.4 Å². The third kappa shape index (κ3) is 34.2. The Morgan fingerprint density at radius 1 is 0.579 bits per heavy atom. The average molecular weight is 581 g/mol. The Labute approximate surface area is 243 Å². The Kier molecular flexibility index (Phi) is 32.1. The lowest BCUT2D eigenvalue weighted by Crippen LogP contribution is -2.23. The lowest BCUT2D eigenvalue weighted by molar-refractivity contribution is 0.275. The van der Waals surface area contributed by atoms with Crippen LogP contribution in [0.15, 0.2) is 0 Å². The van der Waals surface area contributed by atoms with Crippen molar-refractivity contribution in [3.63, 3.8) is 0 Å². The fourth-order valence-corrected chi connectivity index (χ4v) is 7.87. The highest BCUT2D eigenvalue weighted by atomic mass is 32.3. The maximum absolute atomic E-state index is 9.45. The average Bonchev–Trinajstić information content (AvgIpc) is 2.86. The van der Waals surface area contributed by atoms with Crippen molar-refractivity contribution in [1.82, 2.24) is 0 Å². The summed E-state index contributed by atoms with van der Waals surface area (Å²) in [6, 6.07) is 0. The summed E-state index contributed by atoms with van der Waals surface area (Å²) >= 11 is 0. The van der Waals surface area contributed by atoms with E-state index in [1.807, 2.05) is 0 Å². The van der Waals surface area contributed by atoms with Crippen molar-refractivity contribution >= 4 is 21.3 Å². The summed E-state index contributed by atoms with van der Waals surface area (Å²) in [5.41, 5.74) is 0. The summed E-state index contributed by atoms with van der Waals surface area (Å²) in [5, 5.41) is 0. The molecule has 0 N–H and O–H groups in total. The molecule has 0 aromatic carbocycles. The molecule has 232 valence electrons. The summed E-state index contributed by atoms with van der Waals surface area (Å²) in [6.45, 7) is 13.5. The van der Waals surface area contributed by atoms with E-state index >= 15 is 0 Å². The normalized spacial score (nSPS) is 14.1. The SMILES string of the molecule is CCCCCCCCCCCCCC(C)C[S+](CC)CC(C)CCCCCCCCC.CCOS(=O)(=O)[O-]. The third-order valence-corrected chi connectivity index (χ3v) is 10.7. The largest absolute Gasteiger partial charge is 0.726 e. The van der Waals surface area contributed by atoms with Gasteiger partial charge in [-0.1, -0.05) is 143 Å². The zero-order chi connectivity index (χ0) is 28.9. The Hall–Kier alpha value is 0.220. The number of hydrogen-bond donors (Lipinski definition) is 0. The van der Waals surface area contributed by atoms with Crippen molar-refractivity contribution in [2.45, 2.75) is 170 Å². The molecule has 0 spiro atoms. The molecule has 0 saturated heterocycles. The van der Waals surface area contributed by atoms with Gasteiger partial charge in [0.25, 0.3) is 0 Å². The number of hydrogen-bond acceptors (Lipinski definition) is 4. The van der Waals surface area contributed by atoms with Gasteiger partial charge >= 0.3 is 0 Å². The van der Waals surface area contributed by atoms with E-state index in [9.17, 15) is 13.0 Å². The zero-order valence-corrected chi connectivity index (χ0v) is 28.2. The minimum Gasteiger partial charge on any atom is -0.726 e. The molecule has 0 fully saturated rings. The molecule has 0 rings (SSSR count). The molecule has 3 atom stereocenters. The van der Waals surface area contributed by atoms with E-state index < -0.39 is 10.4 Å². The lowest BCUT2D eigenvalue weighted by Gasteiger charge is -2.16. The van der Waals surface area contributed by atoms with E-state index in [0.29, 0.717) is 10.9 Å². The van der Waals surface area contributed by atoms with Crippen molar-refractivity contribution in [2.24, 2.45) is 11.8 Å². The summed E-state index contributed by atoms with van der Waals surface area (Å²) in [7, 11) is -3.74. The molecule has 0 radical (unpaired) electrons. The van der Waals surface area contributed by atoms with Crippen molar-refractivity contribution in [1.29, 1.82) is 0 Å². The van der Waals surface area contributed by atoms with Crippen molar-refractivity contribution < 1.29 is 17.2 Å². The van der Waals surface area contributed by atoms with Gasteiger partial charge in [0, 0.05) is 11.8 Å². The molecule has 0 aliphatic heterocycles. The molecule has 0 heterocycles. The molecule has 0 aromatic rings. The first kappa shape index (κ1) is 40.4. The predicted octanol–water partition coefficient (Wildman–Crippen LogP) is 10.2. The quantitative estimate of drug-likeness (QED) is 0.0419. The fourth-order valence-electron chi connectivity index (χ4n) is 5.03. The zero-order valence-electron chi connectivity index (χ0n) is 26.6. The van der Waals surface area contributed by atoms with Crippen molar-refractivity contribution in [2.75, 3.05) is 23.9 Å². The van der Waals surface area contributed by atoms with Gasteiger partial charge in [0.2, 0.25) is 10.4 Å². The van der Waals surface area contributed by atoms with E-state index in [0.717, 1.165) is 11.8 Å². The molecule has 4 nitrogen and oxygen atoms in total. The van der Waals surface area contributed by atoms with E-state index in [2.05, 4.69) is 38.8 Å². The van der Waals surface area contributed by atoms with E-state index in [4.69, 9.17) is 0 Å². The molecular formula is C32H68O4S2. The highest BCUT2D eigenvalue weighted by molar-refractivity contribution is 7.96. The van der Waals surface area contributed by atoms with Gasteiger partial charge in [-0.3, -0.25) is 4.18 Å². The van der Waals surface area contributed by atoms with Crippen LogP contribution in [0.3, 0.4) is 0 Å². The van der Waals surface area contributed by atoms with Crippen LogP contribution in [0.1, 0.15) is 170 Å². The third-order valence-electron chi connectivity index (χ3n) is 7.31. The second kappa shape index (κ2) is 30.2. The monoisotopic (exact) mass is 580 g/mol. The van der Waals surface area contributed by atoms with Crippen molar-refractivity contribution in [3.8, 4) is 0 Å². The summed E-state index contributed by atoms with van der Waals surface area (Å²) in [6.07, 6.45) is 29.2. The van der Waals surface area contributed by atoms with Crippen LogP contribution >= 0.6 is 0 Å². The molecule has 0 saturated carbocycles. The summed E-state index contributed by atoms with van der Waals surface area (Å²) in [5.74, 6) is 6.34. The lowest BCUT2D eigenvalue weighted by atomic mass is 10.0. The molecular weight excluding hydrogens is 512 g/mol. The van der Waals surface area contributed by atoms with Crippen LogP contribution in [0.5, 0.6) is 0 Å². The van der Waals surface area contributed by atoms with E-state index in [1.54, 1.807) is 0 Å². The standard InChI is InChI=1S/C30H63S.C2H6O4S/c1-6-9-11-13-15-16-17-18-20-22-24-26-30(5)28-31(8-3)27-29(4)25-23-21-19-14-12-10-7-2;1-2-6-7(3,4)5/h29-30H,6-28H2,1-5H3;2H2,1H3,(H,3,4,5)/q+1;/p-1. The Morgan fingerprint density at radius 2 is 0.895 bits per heavy atom. The van der Waals surface area contributed by atoms with Gasteiger partial charge < -0.3 is 4.55 Å². The number of unbranched alkanes of at least 4 members (excludes halogenated alkanes) is 16. The molecule has 0 aromatic heterocycles. The minimum atomic E-state index is -4.42. The van der Waals surface area contributed by atoms with Gasteiger partial charge in [0.15, 0.2) is 0 Å². The van der Waals surface area contributed by atoms with E-state index in [1.165, 1.54) is 153 Å². The highest BCUT2D eigenvalue weighted by Gasteiger charge is 2.22. The van der Waals surface area contributed by atoms with Gasteiger partial charge in [0.05, 0.1) is 6.61 Å². The second-order valence-electron chi connectivity index (χ2n) is 11.5. The van der Waals surface area contributed by atoms with E-state index in [-0.39, 0.29) is 6.61 Å². The van der Waals surface area contributed by atoms with Gasteiger partial charge in [-0.2, -0.15) is 0 Å². The Balaban J connectivity index is 0. The molecule has 3 unspecified atom stereocenters. The highest BCUT2D eigenvalue weighted by Crippen LogP contribution is 2.20.